The summed E-state index contributed by atoms with van der Waals surface area (Å²) in [4.78, 5) is 82.0. The molecule has 5 aromatic rings. The number of hydrogen-bond acceptors (Lipinski definition) is 17. The summed E-state index contributed by atoms with van der Waals surface area (Å²) < 4.78 is 99.2. The van der Waals surface area contributed by atoms with Crippen LogP contribution in [-0.4, -0.2) is 184 Å². The van der Waals surface area contributed by atoms with Gasteiger partial charge in [0.1, 0.15) is 17.0 Å². The van der Waals surface area contributed by atoms with Gasteiger partial charge in [-0.2, -0.15) is 13.2 Å². The monoisotopic (exact) mass is 1350 g/mol. The van der Waals surface area contributed by atoms with E-state index < -0.39 is 94.3 Å². The van der Waals surface area contributed by atoms with Crippen LogP contribution in [0.25, 0.3) is 10.4 Å². The highest BCUT2D eigenvalue weighted by Crippen LogP contribution is 2.38. The van der Waals surface area contributed by atoms with Crippen LogP contribution in [0.3, 0.4) is 0 Å². The number of alkyl halides is 3. The molecule has 0 spiro atoms. The third-order valence-electron chi connectivity index (χ3n) is 17.7. The fourth-order valence-electron chi connectivity index (χ4n) is 12.5. The summed E-state index contributed by atoms with van der Waals surface area (Å²) in [5.41, 5.74) is -1.57. The highest BCUT2D eigenvalue weighted by atomic mass is 32.2. The minimum absolute atomic E-state index is 0.0200. The lowest BCUT2D eigenvalue weighted by molar-refractivity contribution is -0.144. The Morgan fingerprint density at radius 3 is 2.10 bits per heavy atom. The SMILES string of the molecule is Cc1ncsc1-c1ccc([C@H](C)NC(=O)[C@@H]2C[C@@H](O)CN2C(=O)[C@@H](NC(=O)CCCCCC(=O)N2CCN(CC[C@H](CSc3ccccc3)Nc3ccc(S(=O)(=O)NC(=O)c4ccc(N5CC6CN(C)CC6C5)cc4)cc3S(=O)(=O)C(F)(F)F)CC2)C(C)(C)C)cc1. The Morgan fingerprint density at radius 1 is 0.804 bits per heavy atom. The number of unbranched alkanes of at least 4 members (excludes halogenated alkanes) is 2. The Hall–Kier alpha value is -6.62. The summed E-state index contributed by atoms with van der Waals surface area (Å²) in [6, 6.07) is 22.8. The lowest BCUT2D eigenvalue weighted by atomic mass is 9.85. The first-order valence-electron chi connectivity index (χ1n) is 31.1. The smallest absolute Gasteiger partial charge is 0.391 e. The molecular weight excluding hydrogens is 1270 g/mol. The van der Waals surface area contributed by atoms with Gasteiger partial charge in [-0.15, -0.1) is 23.1 Å². The van der Waals surface area contributed by atoms with Crippen LogP contribution in [0.4, 0.5) is 24.5 Å². The van der Waals surface area contributed by atoms with E-state index in [-0.39, 0.29) is 48.9 Å². The number of amides is 5. The van der Waals surface area contributed by atoms with Crippen LogP contribution in [0.15, 0.2) is 117 Å². The number of likely N-dealkylation sites (tertiary alicyclic amines) is 2. The molecule has 4 aliphatic rings. The number of β-amino-alcohol motifs (C(OH)–C–C–N with tert-alkyl or cyclic N) is 1. The van der Waals surface area contributed by atoms with Crippen molar-refractivity contribution in [3.8, 4) is 10.4 Å². The quantitative estimate of drug-likeness (QED) is 0.0275. The predicted molar refractivity (Wildman–Crippen MR) is 349 cm³/mol. The number of fused-ring (bicyclic) bond motifs is 1. The van der Waals surface area contributed by atoms with Crippen LogP contribution in [0.1, 0.15) is 100 Å². The fraction of sp³-hybridized carbons (Fsp3) is 0.508. The molecule has 92 heavy (non-hydrogen) atoms. The van der Waals surface area contributed by atoms with Crippen molar-refractivity contribution in [3.05, 3.63) is 119 Å². The largest absolute Gasteiger partial charge is 0.501 e. The van der Waals surface area contributed by atoms with Crippen molar-refractivity contribution in [2.24, 2.45) is 17.3 Å². The third-order valence-corrected chi connectivity index (χ3v) is 22.7. The third kappa shape index (κ3) is 17.4. The predicted octanol–water partition coefficient (Wildman–Crippen LogP) is 7.96. The zero-order valence-electron chi connectivity index (χ0n) is 52.7. The molecule has 0 bridgehead atoms. The minimum atomic E-state index is -6.15. The van der Waals surface area contributed by atoms with Crippen molar-refractivity contribution in [1.29, 1.82) is 0 Å². The van der Waals surface area contributed by atoms with Gasteiger partial charge >= 0.3 is 5.51 Å². The zero-order chi connectivity index (χ0) is 66.3. The van der Waals surface area contributed by atoms with Gasteiger partial charge in [0.15, 0.2) is 0 Å². The summed E-state index contributed by atoms with van der Waals surface area (Å²) in [5, 5.41) is 19.7. The van der Waals surface area contributed by atoms with Crippen molar-refractivity contribution in [2.45, 2.75) is 130 Å². The van der Waals surface area contributed by atoms with Gasteiger partial charge in [0, 0.05) is 113 Å². The Morgan fingerprint density at radius 2 is 1.47 bits per heavy atom. The molecule has 4 aliphatic heterocycles. The van der Waals surface area contributed by atoms with E-state index in [0.717, 1.165) is 70.6 Å². The zero-order valence-corrected chi connectivity index (χ0v) is 55.9. The standard InChI is InChI=1S/C65H83F3N10O10S4/c1-42(44-17-19-45(20-18-44)59-43(2)69-41-90-59)70-62(83)55-33-51(79)39-78(55)63(84)60(64(3,4)5)72-57(80)15-11-8-12-16-58(81)76-31-29-75(30-32-76)28-27-49(40-89-52-13-9-7-10-14-52)71-54-26-25-53(34-56(54)91(85,86)65(66,67)68)92(87,88)73-61(82)46-21-23-50(24-22-46)77-37-47-35-74(6)36-48(47)38-77/h7,9-10,13-14,17-26,34,41-42,47-49,51,55,60,71,79H,8,11-12,15-16,27-33,35-40H2,1-6H3,(H,70,83)(H,72,80)(H,73,82)/t42-,47?,48?,49+,51+,55-,60+/m0/s1. The Labute approximate surface area is 545 Å². The number of aliphatic hydroxyl groups excluding tert-OH is 1. The van der Waals surface area contributed by atoms with Crippen LogP contribution >= 0.6 is 23.1 Å². The van der Waals surface area contributed by atoms with E-state index in [9.17, 15) is 59.1 Å². The molecule has 0 radical (unpaired) electrons. The molecule has 7 atom stereocenters. The average molecular weight is 1350 g/mol. The number of aliphatic hydroxyl groups is 1. The molecule has 2 unspecified atom stereocenters. The number of anilines is 2. The molecule has 5 N–H and O–H groups in total. The number of halogens is 3. The number of sulfonamides is 1. The van der Waals surface area contributed by atoms with Gasteiger partial charge in [-0.3, -0.25) is 28.9 Å². The van der Waals surface area contributed by atoms with Crippen LogP contribution in [0.2, 0.25) is 0 Å². The minimum Gasteiger partial charge on any atom is -0.391 e. The fourth-order valence-corrected chi connectivity index (χ4v) is 16.3. The number of piperazine rings is 1. The number of aromatic nitrogens is 1. The summed E-state index contributed by atoms with van der Waals surface area (Å²) in [6.45, 7) is 15.1. The molecule has 5 heterocycles. The van der Waals surface area contributed by atoms with E-state index in [2.05, 4.69) is 42.7 Å². The van der Waals surface area contributed by atoms with E-state index in [1.54, 1.807) is 33.9 Å². The molecule has 27 heteroatoms. The van der Waals surface area contributed by atoms with Crippen molar-refractivity contribution in [1.82, 2.24) is 39.9 Å². The lowest BCUT2D eigenvalue weighted by Gasteiger charge is -2.35. The van der Waals surface area contributed by atoms with Crippen LogP contribution < -0.4 is 25.6 Å². The van der Waals surface area contributed by atoms with E-state index >= 15 is 0 Å². The van der Waals surface area contributed by atoms with Gasteiger partial charge in [-0.1, -0.05) is 69.7 Å². The highest BCUT2D eigenvalue weighted by Gasteiger charge is 2.49. The van der Waals surface area contributed by atoms with E-state index in [4.69, 9.17) is 0 Å². The summed E-state index contributed by atoms with van der Waals surface area (Å²) >= 11 is 2.94. The molecule has 0 saturated carbocycles. The topological polar surface area (TPSA) is 251 Å². The number of carbonyl (C=O) groups is 5. The number of thiazole rings is 1. The van der Waals surface area contributed by atoms with Gasteiger partial charge in [-0.25, -0.2) is 26.5 Å². The first-order valence-corrected chi connectivity index (χ1v) is 36.0. The number of hydrogen-bond donors (Lipinski definition) is 5. The molecule has 4 fully saturated rings. The Balaban J connectivity index is 0.743. The normalized spacial score (nSPS) is 20.1. The molecule has 4 aromatic carbocycles. The Bertz CT molecular complexity index is 3630. The number of thioether (sulfide) groups is 1. The van der Waals surface area contributed by atoms with Crippen LogP contribution in [-0.2, 0) is 39.0 Å². The molecule has 20 nitrogen and oxygen atoms in total. The van der Waals surface area contributed by atoms with Gasteiger partial charge in [-0.05, 0) is 123 Å². The van der Waals surface area contributed by atoms with Crippen molar-refractivity contribution in [3.63, 3.8) is 0 Å². The number of rotatable bonds is 25. The van der Waals surface area contributed by atoms with E-state index in [0.29, 0.717) is 76.3 Å². The van der Waals surface area contributed by atoms with Crippen LogP contribution in [0, 0.1) is 24.2 Å². The second kappa shape index (κ2) is 29.8. The number of nitrogens with zero attached hydrogens (tertiary/aromatic N) is 6. The Kier molecular flexibility index (Phi) is 22.6. The number of carbonyl (C=O) groups excluding carboxylic acids is 5. The first kappa shape index (κ1) is 69.7. The maximum absolute atomic E-state index is 14.4. The summed E-state index contributed by atoms with van der Waals surface area (Å²) in [7, 11) is -8.96. The lowest BCUT2D eigenvalue weighted by Crippen LogP contribution is -2.57. The summed E-state index contributed by atoms with van der Waals surface area (Å²) in [6.07, 6.45) is 1.29. The van der Waals surface area contributed by atoms with Gasteiger partial charge in [0.05, 0.1) is 38.8 Å². The summed E-state index contributed by atoms with van der Waals surface area (Å²) in [5.74, 6) is -1.03. The van der Waals surface area contributed by atoms with Gasteiger partial charge in [0.2, 0.25) is 23.6 Å². The first-order chi connectivity index (χ1) is 43.5. The molecule has 4 saturated heterocycles. The average Bonchev–Trinajstić information content (AvgIpc) is 0.960. The second-order valence-corrected chi connectivity index (χ2v) is 31.2. The molecular formula is C65H83F3N10O10S4. The second-order valence-electron chi connectivity index (χ2n) is 25.7. The van der Waals surface area contributed by atoms with Crippen molar-refractivity contribution < 1.29 is 59.1 Å². The van der Waals surface area contributed by atoms with Crippen molar-refractivity contribution in [2.75, 3.05) is 88.5 Å². The van der Waals surface area contributed by atoms with Crippen molar-refractivity contribution >= 4 is 83.9 Å². The molecule has 1 aromatic heterocycles. The highest BCUT2D eigenvalue weighted by molar-refractivity contribution is 7.99. The maximum atomic E-state index is 14.4. The number of benzene rings is 4. The number of aryl methyl sites for hydroxylation is 1. The molecule has 0 aliphatic carbocycles. The van der Waals surface area contributed by atoms with E-state index in [1.807, 2.05) is 93.9 Å². The number of nitrogens with one attached hydrogen (secondary N) is 4. The number of sulfone groups is 1. The van der Waals surface area contributed by atoms with Gasteiger partial charge in [0.25, 0.3) is 25.8 Å². The van der Waals surface area contributed by atoms with E-state index in [1.165, 1.54) is 28.8 Å². The molecule has 5 amide bonds. The maximum Gasteiger partial charge on any atom is 0.501 e. The van der Waals surface area contributed by atoms with Gasteiger partial charge < -0.3 is 40.7 Å². The molecule has 498 valence electrons. The van der Waals surface area contributed by atoms with Crippen LogP contribution in [0.5, 0.6) is 0 Å². The molecule has 9 rings (SSSR count).